The number of nitrogens with one attached hydrogen (secondary N) is 1. The Hall–Kier alpha value is -0.0800. The summed E-state index contributed by atoms with van der Waals surface area (Å²) < 4.78 is 0. The van der Waals surface area contributed by atoms with Gasteiger partial charge in [-0.25, -0.2) is 5.48 Å². The van der Waals surface area contributed by atoms with E-state index in [0.29, 0.717) is 6.10 Å². The molecule has 0 unspecified atom stereocenters. The summed E-state index contributed by atoms with van der Waals surface area (Å²) in [7, 11) is 0. The normalized spacial score (nSPS) is 10.8. The van der Waals surface area contributed by atoms with Gasteiger partial charge in [-0.05, 0) is 20.3 Å². The Labute approximate surface area is 63.9 Å². The van der Waals surface area contributed by atoms with Gasteiger partial charge in [-0.3, -0.25) is 4.84 Å². The minimum Gasteiger partial charge on any atom is -0.299 e. The van der Waals surface area contributed by atoms with Crippen LogP contribution in [-0.4, -0.2) is 12.6 Å². The summed E-state index contributed by atoms with van der Waals surface area (Å²) in [4.78, 5) is 5.14. The van der Waals surface area contributed by atoms with Crippen LogP contribution in [-0.2, 0) is 4.84 Å². The van der Waals surface area contributed by atoms with Gasteiger partial charge in [0.25, 0.3) is 0 Å². The van der Waals surface area contributed by atoms with Crippen LogP contribution in [0.5, 0.6) is 0 Å². The smallest absolute Gasteiger partial charge is 0.0734 e. The van der Waals surface area contributed by atoms with Crippen molar-refractivity contribution in [1.82, 2.24) is 5.48 Å². The van der Waals surface area contributed by atoms with Crippen LogP contribution in [0.4, 0.5) is 0 Å². The van der Waals surface area contributed by atoms with Gasteiger partial charge >= 0.3 is 0 Å². The molecule has 1 N–H and O–H groups in total. The summed E-state index contributed by atoms with van der Waals surface area (Å²) in [5.74, 6) is 0. The lowest BCUT2D eigenvalue weighted by Crippen LogP contribution is -2.20. The van der Waals surface area contributed by atoms with Crippen LogP contribution in [0.25, 0.3) is 0 Å². The number of rotatable bonds is 6. The second-order valence-electron chi connectivity index (χ2n) is 2.77. The van der Waals surface area contributed by atoms with E-state index in [1.54, 1.807) is 0 Å². The fourth-order valence-electron chi connectivity index (χ4n) is 0.673. The summed E-state index contributed by atoms with van der Waals surface area (Å²) in [5.41, 5.74) is 2.92. The van der Waals surface area contributed by atoms with Crippen LogP contribution < -0.4 is 5.48 Å². The minimum atomic E-state index is 0.293. The summed E-state index contributed by atoms with van der Waals surface area (Å²) in [6, 6.07) is 0. The Kier molecular flexibility index (Phi) is 6.98. The molecule has 0 fully saturated rings. The lowest BCUT2D eigenvalue weighted by Gasteiger charge is -2.07. The van der Waals surface area contributed by atoms with E-state index in [1.807, 2.05) is 13.8 Å². The molecule has 0 aromatic heterocycles. The Bertz CT molecular complexity index is 64.3. The molecule has 0 radical (unpaired) electrons. The van der Waals surface area contributed by atoms with Crippen molar-refractivity contribution in [3.63, 3.8) is 0 Å². The molecule has 62 valence electrons. The van der Waals surface area contributed by atoms with Crippen molar-refractivity contribution < 1.29 is 4.84 Å². The molecular weight excluding hydrogens is 126 g/mol. The lowest BCUT2D eigenvalue weighted by atomic mass is 10.3. The van der Waals surface area contributed by atoms with Crippen molar-refractivity contribution in [2.75, 3.05) is 6.54 Å². The van der Waals surface area contributed by atoms with E-state index in [4.69, 9.17) is 4.84 Å². The first kappa shape index (κ1) is 9.92. The van der Waals surface area contributed by atoms with Gasteiger partial charge in [0.1, 0.15) is 0 Å². The minimum absolute atomic E-state index is 0.293. The van der Waals surface area contributed by atoms with Crippen molar-refractivity contribution in [2.45, 2.75) is 46.1 Å². The fraction of sp³-hybridized carbons (Fsp3) is 1.00. The molecule has 0 aliphatic heterocycles. The molecule has 0 aromatic carbocycles. The van der Waals surface area contributed by atoms with Crippen LogP contribution in [0, 0.1) is 0 Å². The van der Waals surface area contributed by atoms with Crippen molar-refractivity contribution in [3.8, 4) is 0 Å². The number of hydroxylamine groups is 1. The second kappa shape index (κ2) is 7.03. The van der Waals surface area contributed by atoms with Crippen LogP contribution in [0.3, 0.4) is 0 Å². The molecule has 2 nitrogen and oxygen atoms in total. The zero-order valence-corrected chi connectivity index (χ0v) is 7.31. The topological polar surface area (TPSA) is 21.3 Å². The maximum Gasteiger partial charge on any atom is 0.0734 e. The van der Waals surface area contributed by atoms with E-state index >= 15 is 0 Å². The molecule has 0 bridgehead atoms. The largest absolute Gasteiger partial charge is 0.299 e. The first-order chi connectivity index (χ1) is 4.77. The number of hydrogen-bond donors (Lipinski definition) is 1. The van der Waals surface area contributed by atoms with E-state index in [9.17, 15) is 0 Å². The Balaban J connectivity index is 2.77. The highest BCUT2D eigenvalue weighted by atomic mass is 16.7. The summed E-state index contributed by atoms with van der Waals surface area (Å²) >= 11 is 0. The molecule has 0 atom stereocenters. The third kappa shape index (κ3) is 7.92. The van der Waals surface area contributed by atoms with Crippen molar-refractivity contribution in [2.24, 2.45) is 0 Å². The summed E-state index contributed by atoms with van der Waals surface area (Å²) in [6.45, 7) is 7.22. The quantitative estimate of drug-likeness (QED) is 0.456. The Morgan fingerprint density at radius 3 is 2.50 bits per heavy atom. The highest BCUT2D eigenvalue weighted by molar-refractivity contribution is 4.39. The van der Waals surface area contributed by atoms with E-state index in [1.165, 1.54) is 19.3 Å². The lowest BCUT2D eigenvalue weighted by molar-refractivity contribution is -0.00526. The van der Waals surface area contributed by atoms with Gasteiger partial charge in [0.15, 0.2) is 0 Å². The number of unbranched alkanes of at least 4 members (excludes halogenated alkanes) is 2. The summed E-state index contributed by atoms with van der Waals surface area (Å²) in [5, 5.41) is 0. The molecule has 0 aliphatic rings. The highest BCUT2D eigenvalue weighted by Gasteiger charge is 1.90. The third-order valence-corrected chi connectivity index (χ3v) is 1.20. The average Bonchev–Trinajstić information content (AvgIpc) is 1.87. The van der Waals surface area contributed by atoms with E-state index in [2.05, 4.69) is 12.4 Å². The first-order valence-corrected chi connectivity index (χ1v) is 4.16. The first-order valence-electron chi connectivity index (χ1n) is 4.16. The average molecular weight is 145 g/mol. The van der Waals surface area contributed by atoms with E-state index in [0.717, 1.165) is 6.54 Å². The standard InChI is InChI=1S/C8H19NO/c1-4-5-6-7-9-10-8(2)3/h8-9H,4-7H2,1-3H3. The van der Waals surface area contributed by atoms with Gasteiger partial charge in [-0.1, -0.05) is 19.8 Å². The van der Waals surface area contributed by atoms with Gasteiger partial charge in [0.05, 0.1) is 6.10 Å². The molecule has 0 saturated carbocycles. The summed E-state index contributed by atoms with van der Waals surface area (Å²) in [6.07, 6.45) is 4.06. The van der Waals surface area contributed by atoms with Gasteiger partial charge < -0.3 is 0 Å². The third-order valence-electron chi connectivity index (χ3n) is 1.20. The number of hydrogen-bond acceptors (Lipinski definition) is 2. The molecular formula is C8H19NO. The Morgan fingerprint density at radius 2 is 2.00 bits per heavy atom. The molecule has 10 heavy (non-hydrogen) atoms. The maximum atomic E-state index is 5.14. The predicted octanol–water partition coefficient (Wildman–Crippen LogP) is 2.11. The van der Waals surface area contributed by atoms with E-state index < -0.39 is 0 Å². The molecule has 0 saturated heterocycles. The van der Waals surface area contributed by atoms with Crippen LogP contribution >= 0.6 is 0 Å². The fourth-order valence-corrected chi connectivity index (χ4v) is 0.673. The predicted molar refractivity (Wildman–Crippen MR) is 43.7 cm³/mol. The van der Waals surface area contributed by atoms with Crippen molar-refractivity contribution >= 4 is 0 Å². The van der Waals surface area contributed by atoms with Crippen molar-refractivity contribution in [1.29, 1.82) is 0 Å². The van der Waals surface area contributed by atoms with Gasteiger partial charge in [-0.2, -0.15) is 0 Å². The maximum absolute atomic E-state index is 5.14. The SMILES string of the molecule is CCCCCNOC(C)C. The molecule has 0 heterocycles. The molecule has 0 aliphatic carbocycles. The zero-order valence-electron chi connectivity index (χ0n) is 7.31. The molecule has 0 spiro atoms. The second-order valence-corrected chi connectivity index (χ2v) is 2.77. The van der Waals surface area contributed by atoms with Crippen LogP contribution in [0.1, 0.15) is 40.0 Å². The van der Waals surface area contributed by atoms with Gasteiger partial charge in [0.2, 0.25) is 0 Å². The van der Waals surface area contributed by atoms with Gasteiger partial charge in [-0.15, -0.1) is 0 Å². The monoisotopic (exact) mass is 145 g/mol. The Morgan fingerprint density at radius 1 is 1.30 bits per heavy atom. The van der Waals surface area contributed by atoms with Crippen LogP contribution in [0.15, 0.2) is 0 Å². The zero-order chi connectivity index (χ0) is 7.82. The van der Waals surface area contributed by atoms with Gasteiger partial charge in [0, 0.05) is 6.54 Å². The molecule has 0 rings (SSSR count). The molecule has 0 amide bonds. The highest BCUT2D eigenvalue weighted by Crippen LogP contribution is 1.91. The molecule has 0 aromatic rings. The van der Waals surface area contributed by atoms with Crippen molar-refractivity contribution in [3.05, 3.63) is 0 Å². The van der Waals surface area contributed by atoms with Crippen LogP contribution in [0.2, 0.25) is 0 Å². The molecule has 2 heteroatoms. The van der Waals surface area contributed by atoms with E-state index in [-0.39, 0.29) is 0 Å².